The minimum absolute atomic E-state index is 0. The van der Waals surface area contributed by atoms with Crippen LogP contribution in [0.2, 0.25) is 0 Å². The largest absolute Gasteiger partial charge is 0.484 e. The first-order valence-electron chi connectivity index (χ1n) is 7.10. The molecule has 0 aliphatic rings. The van der Waals surface area contributed by atoms with E-state index in [1.165, 1.54) is 0 Å². The van der Waals surface area contributed by atoms with Crippen molar-refractivity contribution in [3.63, 3.8) is 0 Å². The number of nitrogens with zero attached hydrogens (tertiary/aromatic N) is 1. The number of nitrogens with two attached hydrogens (primary N) is 1. The van der Waals surface area contributed by atoms with Gasteiger partial charge in [0.15, 0.2) is 12.6 Å². The summed E-state index contributed by atoms with van der Waals surface area (Å²) in [5, 5.41) is 6.47. The summed E-state index contributed by atoms with van der Waals surface area (Å²) < 4.78 is 5.27. The second-order valence-corrected chi connectivity index (χ2v) is 4.61. The Hall–Kier alpha value is -1.51. The summed E-state index contributed by atoms with van der Waals surface area (Å²) >= 11 is 0. The molecule has 1 rings (SSSR count). The SMILES string of the molecule is CCCCNC(=NC)NCc1cccc(OCC(N)=O)c1.I. The van der Waals surface area contributed by atoms with Gasteiger partial charge in [-0.25, -0.2) is 0 Å². The third-order valence-corrected chi connectivity index (χ3v) is 2.79. The van der Waals surface area contributed by atoms with Gasteiger partial charge in [0.1, 0.15) is 5.75 Å². The molecule has 0 aliphatic carbocycles. The van der Waals surface area contributed by atoms with Crippen molar-refractivity contribution in [1.82, 2.24) is 10.6 Å². The predicted octanol–water partition coefficient (Wildman–Crippen LogP) is 1.63. The molecule has 1 aromatic carbocycles. The highest BCUT2D eigenvalue weighted by atomic mass is 127. The molecule has 0 saturated heterocycles. The van der Waals surface area contributed by atoms with Crippen molar-refractivity contribution in [3.8, 4) is 5.75 Å². The van der Waals surface area contributed by atoms with E-state index in [2.05, 4.69) is 22.5 Å². The van der Waals surface area contributed by atoms with Crippen LogP contribution in [0.25, 0.3) is 0 Å². The van der Waals surface area contributed by atoms with E-state index in [-0.39, 0.29) is 30.6 Å². The number of hydrogen-bond acceptors (Lipinski definition) is 3. The first kappa shape index (κ1) is 20.5. The van der Waals surface area contributed by atoms with Gasteiger partial charge in [-0.15, -0.1) is 24.0 Å². The molecule has 7 heteroatoms. The van der Waals surface area contributed by atoms with Crippen LogP contribution in [-0.2, 0) is 11.3 Å². The maximum atomic E-state index is 10.7. The average molecular weight is 420 g/mol. The maximum Gasteiger partial charge on any atom is 0.255 e. The number of halogens is 1. The van der Waals surface area contributed by atoms with Crippen LogP contribution in [0.5, 0.6) is 5.75 Å². The summed E-state index contributed by atoms with van der Waals surface area (Å²) in [6, 6.07) is 7.51. The van der Waals surface area contributed by atoms with Crippen LogP contribution in [0.15, 0.2) is 29.3 Å². The highest BCUT2D eigenvalue weighted by molar-refractivity contribution is 14.0. The molecule has 0 saturated carbocycles. The van der Waals surface area contributed by atoms with Crippen molar-refractivity contribution >= 4 is 35.8 Å². The van der Waals surface area contributed by atoms with Gasteiger partial charge in [0.2, 0.25) is 0 Å². The van der Waals surface area contributed by atoms with Crippen LogP contribution in [0.3, 0.4) is 0 Å². The van der Waals surface area contributed by atoms with E-state index in [1.807, 2.05) is 18.2 Å². The summed E-state index contributed by atoms with van der Waals surface area (Å²) in [6.45, 7) is 3.56. The van der Waals surface area contributed by atoms with E-state index < -0.39 is 5.91 Å². The highest BCUT2D eigenvalue weighted by Crippen LogP contribution is 2.12. The van der Waals surface area contributed by atoms with Gasteiger partial charge >= 0.3 is 0 Å². The Kier molecular flexibility index (Phi) is 11.2. The van der Waals surface area contributed by atoms with Crippen LogP contribution in [0.1, 0.15) is 25.3 Å². The minimum atomic E-state index is -0.487. The molecule has 4 N–H and O–H groups in total. The van der Waals surface area contributed by atoms with Crippen molar-refractivity contribution in [2.24, 2.45) is 10.7 Å². The van der Waals surface area contributed by atoms with Crippen LogP contribution in [-0.4, -0.2) is 32.1 Å². The van der Waals surface area contributed by atoms with Gasteiger partial charge in [0, 0.05) is 20.1 Å². The Balaban J connectivity index is 0.00000441. The summed E-state index contributed by atoms with van der Waals surface area (Å²) in [6.07, 6.45) is 2.25. The Morgan fingerprint density at radius 2 is 2.14 bits per heavy atom. The van der Waals surface area contributed by atoms with E-state index >= 15 is 0 Å². The van der Waals surface area contributed by atoms with Crippen molar-refractivity contribution in [1.29, 1.82) is 0 Å². The first-order valence-corrected chi connectivity index (χ1v) is 7.10. The smallest absolute Gasteiger partial charge is 0.255 e. The monoisotopic (exact) mass is 420 g/mol. The lowest BCUT2D eigenvalue weighted by molar-refractivity contribution is -0.119. The molecular weight excluding hydrogens is 395 g/mol. The van der Waals surface area contributed by atoms with Crippen LogP contribution >= 0.6 is 24.0 Å². The fourth-order valence-corrected chi connectivity index (χ4v) is 1.69. The zero-order valence-electron chi connectivity index (χ0n) is 13.1. The van der Waals surface area contributed by atoms with Crippen LogP contribution < -0.4 is 21.1 Å². The molecule has 1 aromatic rings. The van der Waals surface area contributed by atoms with Crippen LogP contribution in [0, 0.1) is 0 Å². The zero-order valence-corrected chi connectivity index (χ0v) is 15.4. The number of ether oxygens (including phenoxy) is 1. The second-order valence-electron chi connectivity index (χ2n) is 4.61. The van der Waals surface area contributed by atoms with E-state index in [4.69, 9.17) is 10.5 Å². The molecule has 0 spiro atoms. The summed E-state index contributed by atoms with van der Waals surface area (Å²) in [5.41, 5.74) is 6.09. The lowest BCUT2D eigenvalue weighted by Crippen LogP contribution is -2.37. The van der Waals surface area contributed by atoms with E-state index in [0.717, 1.165) is 30.9 Å². The van der Waals surface area contributed by atoms with Gasteiger partial charge in [0.05, 0.1) is 0 Å². The standard InChI is InChI=1S/C15H24N4O2.HI/c1-3-4-8-18-15(17-2)19-10-12-6-5-7-13(9-12)21-11-14(16)20;/h5-7,9H,3-4,8,10-11H2,1-2H3,(H2,16,20)(H2,17,18,19);1H. The van der Waals surface area contributed by atoms with E-state index in [1.54, 1.807) is 13.1 Å². The van der Waals surface area contributed by atoms with Gasteiger partial charge in [-0.2, -0.15) is 0 Å². The number of hydrogen-bond donors (Lipinski definition) is 3. The zero-order chi connectivity index (χ0) is 15.5. The Morgan fingerprint density at radius 3 is 2.77 bits per heavy atom. The topological polar surface area (TPSA) is 88.7 Å². The number of unbranched alkanes of at least 4 members (excludes halogenated alkanes) is 1. The second kappa shape index (κ2) is 12.1. The average Bonchev–Trinajstić information content (AvgIpc) is 2.49. The minimum Gasteiger partial charge on any atom is -0.484 e. The summed E-state index contributed by atoms with van der Waals surface area (Å²) in [5.74, 6) is 0.910. The van der Waals surface area contributed by atoms with Gasteiger partial charge in [-0.1, -0.05) is 25.5 Å². The van der Waals surface area contributed by atoms with Crippen molar-refractivity contribution in [2.75, 3.05) is 20.2 Å². The summed E-state index contributed by atoms with van der Waals surface area (Å²) in [7, 11) is 1.74. The number of primary amides is 1. The number of carbonyl (C=O) groups is 1. The number of nitrogens with one attached hydrogen (secondary N) is 2. The number of amides is 1. The predicted molar refractivity (Wildman–Crippen MR) is 99.7 cm³/mol. The molecule has 1 amide bonds. The lowest BCUT2D eigenvalue weighted by atomic mass is 10.2. The fourth-order valence-electron chi connectivity index (χ4n) is 1.69. The number of benzene rings is 1. The molecule has 6 nitrogen and oxygen atoms in total. The molecule has 22 heavy (non-hydrogen) atoms. The molecule has 0 aliphatic heterocycles. The molecule has 0 aromatic heterocycles. The Bertz CT molecular complexity index is 480. The Morgan fingerprint density at radius 1 is 1.36 bits per heavy atom. The van der Waals surface area contributed by atoms with Crippen molar-refractivity contribution in [2.45, 2.75) is 26.3 Å². The molecule has 124 valence electrons. The fraction of sp³-hybridized carbons (Fsp3) is 0.467. The Labute approximate surface area is 148 Å². The van der Waals surface area contributed by atoms with Gasteiger partial charge in [0.25, 0.3) is 5.91 Å². The summed E-state index contributed by atoms with van der Waals surface area (Å²) in [4.78, 5) is 14.9. The molecule has 0 atom stereocenters. The van der Waals surface area contributed by atoms with Crippen molar-refractivity contribution < 1.29 is 9.53 Å². The van der Waals surface area contributed by atoms with E-state index in [0.29, 0.717) is 12.3 Å². The molecular formula is C15H25IN4O2. The third kappa shape index (κ3) is 8.71. The number of carbonyl (C=O) groups excluding carboxylic acids is 1. The quantitative estimate of drug-likeness (QED) is 0.258. The molecule has 0 radical (unpaired) electrons. The third-order valence-electron chi connectivity index (χ3n) is 2.79. The van der Waals surface area contributed by atoms with Gasteiger partial charge in [-0.05, 0) is 24.1 Å². The first-order chi connectivity index (χ1) is 10.2. The van der Waals surface area contributed by atoms with Gasteiger partial charge in [-0.3, -0.25) is 9.79 Å². The lowest BCUT2D eigenvalue weighted by Gasteiger charge is -2.12. The molecule has 0 heterocycles. The van der Waals surface area contributed by atoms with Gasteiger partial charge < -0.3 is 21.1 Å². The normalized spacial score (nSPS) is 10.5. The maximum absolute atomic E-state index is 10.7. The van der Waals surface area contributed by atoms with Crippen LogP contribution in [0.4, 0.5) is 0 Å². The molecule has 0 bridgehead atoms. The highest BCUT2D eigenvalue weighted by Gasteiger charge is 2.01. The molecule has 0 unspecified atom stereocenters. The van der Waals surface area contributed by atoms with E-state index in [9.17, 15) is 4.79 Å². The van der Waals surface area contributed by atoms with Crippen molar-refractivity contribution in [3.05, 3.63) is 29.8 Å². The molecule has 0 fully saturated rings. The number of guanidine groups is 1. The number of rotatable bonds is 8. The number of aliphatic imine (C=N–C) groups is 1.